The van der Waals surface area contributed by atoms with E-state index >= 15 is 0 Å². The maximum atomic E-state index is 12.2. The van der Waals surface area contributed by atoms with Crippen LogP contribution in [-0.4, -0.2) is 49.8 Å². The van der Waals surface area contributed by atoms with Crippen LogP contribution in [0.15, 0.2) is 24.3 Å². The number of rotatable bonds is 1. The van der Waals surface area contributed by atoms with Gasteiger partial charge in [-0.3, -0.25) is 4.79 Å². The van der Waals surface area contributed by atoms with Crippen molar-refractivity contribution in [2.75, 3.05) is 32.9 Å². The summed E-state index contributed by atoms with van der Waals surface area (Å²) in [6.45, 7) is 2.71. The SMILES string of the molecule is O=C([C@@H]1COc2ccccc2O1)N1CCOCC1. The molecule has 0 spiro atoms. The monoisotopic (exact) mass is 249 g/mol. The molecular weight excluding hydrogens is 234 g/mol. The van der Waals surface area contributed by atoms with Crippen molar-refractivity contribution in [3.05, 3.63) is 24.3 Å². The number of carbonyl (C=O) groups excluding carboxylic acids is 1. The molecule has 1 atom stereocenters. The van der Waals surface area contributed by atoms with E-state index in [0.717, 1.165) is 0 Å². The van der Waals surface area contributed by atoms with Crippen molar-refractivity contribution in [3.8, 4) is 11.5 Å². The van der Waals surface area contributed by atoms with Crippen LogP contribution in [0.1, 0.15) is 0 Å². The third kappa shape index (κ3) is 2.13. The molecule has 2 aliphatic heterocycles. The van der Waals surface area contributed by atoms with E-state index in [2.05, 4.69) is 0 Å². The predicted molar refractivity (Wildman–Crippen MR) is 63.8 cm³/mol. The zero-order chi connectivity index (χ0) is 12.4. The average molecular weight is 249 g/mol. The summed E-state index contributed by atoms with van der Waals surface area (Å²) in [5.74, 6) is 1.31. The van der Waals surface area contributed by atoms with Crippen LogP contribution in [0.4, 0.5) is 0 Å². The highest BCUT2D eigenvalue weighted by Crippen LogP contribution is 2.31. The van der Waals surface area contributed by atoms with Gasteiger partial charge >= 0.3 is 0 Å². The number of hydrogen-bond acceptors (Lipinski definition) is 4. The second kappa shape index (κ2) is 4.86. The number of benzene rings is 1. The lowest BCUT2D eigenvalue weighted by Crippen LogP contribution is -2.50. The van der Waals surface area contributed by atoms with Crippen LogP contribution in [0.2, 0.25) is 0 Å². The standard InChI is InChI=1S/C13H15NO4/c15-13(14-5-7-16-8-6-14)12-9-17-10-3-1-2-4-11(10)18-12/h1-4,12H,5-9H2/t12-/m0/s1. The van der Waals surface area contributed by atoms with Crippen LogP contribution in [0.5, 0.6) is 11.5 Å². The number of morpholine rings is 1. The molecule has 0 N–H and O–H groups in total. The minimum Gasteiger partial charge on any atom is -0.485 e. The highest BCUT2D eigenvalue weighted by molar-refractivity contribution is 5.82. The first kappa shape index (κ1) is 11.3. The summed E-state index contributed by atoms with van der Waals surface area (Å²) in [5.41, 5.74) is 0. The van der Waals surface area contributed by atoms with Crippen molar-refractivity contribution in [2.45, 2.75) is 6.10 Å². The molecule has 96 valence electrons. The van der Waals surface area contributed by atoms with Crippen LogP contribution in [0, 0.1) is 0 Å². The van der Waals surface area contributed by atoms with Crippen molar-refractivity contribution < 1.29 is 19.0 Å². The van der Waals surface area contributed by atoms with Gasteiger partial charge in [0.05, 0.1) is 13.2 Å². The topological polar surface area (TPSA) is 48.0 Å². The highest BCUT2D eigenvalue weighted by atomic mass is 16.6. The Morgan fingerprint density at radius 1 is 1.17 bits per heavy atom. The number of fused-ring (bicyclic) bond motifs is 1. The Bertz CT molecular complexity index is 442. The Kier molecular flexibility index (Phi) is 3.06. The molecule has 2 heterocycles. The number of carbonyl (C=O) groups is 1. The van der Waals surface area contributed by atoms with Gasteiger partial charge in [-0.05, 0) is 12.1 Å². The summed E-state index contributed by atoms with van der Waals surface area (Å²) in [5, 5.41) is 0. The fraction of sp³-hybridized carbons (Fsp3) is 0.462. The molecule has 0 saturated carbocycles. The van der Waals surface area contributed by atoms with Gasteiger partial charge < -0.3 is 19.1 Å². The summed E-state index contributed by atoms with van der Waals surface area (Å²) in [7, 11) is 0. The van der Waals surface area contributed by atoms with Crippen molar-refractivity contribution in [1.29, 1.82) is 0 Å². The molecule has 0 unspecified atom stereocenters. The minimum atomic E-state index is -0.544. The van der Waals surface area contributed by atoms with E-state index in [0.29, 0.717) is 37.8 Å². The van der Waals surface area contributed by atoms with Gasteiger partial charge in [0.15, 0.2) is 11.5 Å². The van der Waals surface area contributed by atoms with Gasteiger partial charge in [-0.15, -0.1) is 0 Å². The van der Waals surface area contributed by atoms with E-state index in [-0.39, 0.29) is 12.5 Å². The van der Waals surface area contributed by atoms with Crippen LogP contribution < -0.4 is 9.47 Å². The first-order valence-electron chi connectivity index (χ1n) is 6.09. The maximum absolute atomic E-state index is 12.2. The molecule has 1 aromatic carbocycles. The lowest BCUT2D eigenvalue weighted by Gasteiger charge is -2.32. The number of amides is 1. The smallest absolute Gasteiger partial charge is 0.267 e. The normalized spacial score (nSPS) is 22.7. The lowest BCUT2D eigenvalue weighted by molar-refractivity contribution is -0.145. The lowest BCUT2D eigenvalue weighted by atomic mass is 10.2. The molecular formula is C13H15NO4. The Labute approximate surface area is 105 Å². The van der Waals surface area contributed by atoms with E-state index < -0.39 is 6.10 Å². The highest BCUT2D eigenvalue weighted by Gasteiger charge is 2.31. The average Bonchev–Trinajstić information content (AvgIpc) is 2.47. The Morgan fingerprint density at radius 3 is 2.67 bits per heavy atom. The molecule has 3 rings (SSSR count). The maximum Gasteiger partial charge on any atom is 0.267 e. The van der Waals surface area contributed by atoms with E-state index in [4.69, 9.17) is 14.2 Å². The van der Waals surface area contributed by atoms with Gasteiger partial charge in [0.2, 0.25) is 6.10 Å². The van der Waals surface area contributed by atoms with Crippen molar-refractivity contribution in [2.24, 2.45) is 0 Å². The molecule has 5 heteroatoms. The summed E-state index contributed by atoms with van der Waals surface area (Å²) in [4.78, 5) is 14.0. The fourth-order valence-electron chi connectivity index (χ4n) is 2.13. The summed E-state index contributed by atoms with van der Waals surface area (Å²) >= 11 is 0. The molecule has 1 fully saturated rings. The van der Waals surface area contributed by atoms with Crippen LogP contribution in [0.25, 0.3) is 0 Å². The van der Waals surface area contributed by atoms with Crippen molar-refractivity contribution in [1.82, 2.24) is 4.90 Å². The minimum absolute atomic E-state index is 0.0206. The second-order valence-electron chi connectivity index (χ2n) is 4.30. The van der Waals surface area contributed by atoms with Gasteiger partial charge in [-0.1, -0.05) is 12.1 Å². The van der Waals surface area contributed by atoms with Crippen molar-refractivity contribution in [3.63, 3.8) is 0 Å². The first-order chi connectivity index (χ1) is 8.84. The summed E-state index contributed by atoms with van der Waals surface area (Å²) in [6, 6.07) is 7.40. The molecule has 5 nitrogen and oxygen atoms in total. The molecule has 0 aromatic heterocycles. The largest absolute Gasteiger partial charge is 0.485 e. The second-order valence-corrected chi connectivity index (χ2v) is 4.30. The van der Waals surface area contributed by atoms with Gasteiger partial charge in [0, 0.05) is 13.1 Å². The molecule has 1 aromatic rings. The number of para-hydroxylation sites is 2. The molecule has 18 heavy (non-hydrogen) atoms. The predicted octanol–water partition coefficient (Wildman–Crippen LogP) is 0.685. The molecule has 0 bridgehead atoms. The number of ether oxygens (including phenoxy) is 3. The zero-order valence-corrected chi connectivity index (χ0v) is 10.0. The molecule has 0 radical (unpaired) electrons. The molecule has 1 amide bonds. The fourth-order valence-corrected chi connectivity index (χ4v) is 2.13. The van der Waals surface area contributed by atoms with Gasteiger partial charge in [-0.2, -0.15) is 0 Å². The zero-order valence-electron chi connectivity index (χ0n) is 10.0. The van der Waals surface area contributed by atoms with E-state index in [1.807, 2.05) is 24.3 Å². The molecule has 1 saturated heterocycles. The summed E-state index contributed by atoms with van der Waals surface area (Å²) in [6.07, 6.45) is -0.544. The van der Waals surface area contributed by atoms with Gasteiger partial charge in [0.1, 0.15) is 6.61 Å². The third-order valence-corrected chi connectivity index (χ3v) is 3.11. The number of hydrogen-bond donors (Lipinski definition) is 0. The molecule has 2 aliphatic rings. The Hall–Kier alpha value is -1.75. The third-order valence-electron chi connectivity index (χ3n) is 3.11. The van der Waals surface area contributed by atoms with E-state index in [1.54, 1.807) is 4.90 Å². The first-order valence-corrected chi connectivity index (χ1v) is 6.09. The molecule has 0 aliphatic carbocycles. The van der Waals surface area contributed by atoms with E-state index in [9.17, 15) is 4.79 Å². The number of nitrogens with zero attached hydrogens (tertiary/aromatic N) is 1. The van der Waals surface area contributed by atoms with E-state index in [1.165, 1.54) is 0 Å². The van der Waals surface area contributed by atoms with Crippen molar-refractivity contribution >= 4 is 5.91 Å². The van der Waals surface area contributed by atoms with Gasteiger partial charge in [-0.25, -0.2) is 0 Å². The van der Waals surface area contributed by atoms with Crippen LogP contribution in [-0.2, 0) is 9.53 Å². The Morgan fingerprint density at radius 2 is 1.89 bits per heavy atom. The van der Waals surface area contributed by atoms with Crippen LogP contribution in [0.3, 0.4) is 0 Å². The summed E-state index contributed by atoms with van der Waals surface area (Å²) < 4.78 is 16.5. The van der Waals surface area contributed by atoms with Crippen LogP contribution >= 0.6 is 0 Å². The quantitative estimate of drug-likeness (QED) is 0.734. The Balaban J connectivity index is 1.69. The van der Waals surface area contributed by atoms with Gasteiger partial charge in [0.25, 0.3) is 5.91 Å².